The maximum Gasteiger partial charge on any atom is 0.0355 e. The Morgan fingerprint density at radius 1 is 0.393 bits per heavy atom. The van der Waals surface area contributed by atoms with Gasteiger partial charge in [-0.1, -0.05) is 60.7 Å². The number of hydrogen-bond acceptors (Lipinski definition) is 2. The van der Waals surface area contributed by atoms with Crippen LogP contribution in [-0.4, -0.2) is 0 Å². The summed E-state index contributed by atoms with van der Waals surface area (Å²) in [6, 6.07) is 35.3. The lowest BCUT2D eigenvalue weighted by Gasteiger charge is -1.99. The zero-order valence-corrected chi connectivity index (χ0v) is 16.7. The highest BCUT2D eigenvalue weighted by molar-refractivity contribution is 7.22. The van der Waals surface area contributed by atoms with Crippen molar-refractivity contribution < 1.29 is 0 Å². The van der Waals surface area contributed by atoms with Gasteiger partial charge in [0.05, 0.1) is 0 Å². The molecule has 0 fully saturated rings. The minimum absolute atomic E-state index is 1.29. The van der Waals surface area contributed by atoms with Gasteiger partial charge in [0.2, 0.25) is 0 Å². The number of rotatable bonds is 2. The first kappa shape index (κ1) is 16.1. The van der Waals surface area contributed by atoms with E-state index in [1.54, 1.807) is 0 Å². The summed E-state index contributed by atoms with van der Waals surface area (Å²) in [7, 11) is 0. The minimum Gasteiger partial charge on any atom is -0.135 e. The van der Waals surface area contributed by atoms with Crippen LogP contribution in [0.4, 0.5) is 0 Å². The lowest BCUT2D eigenvalue weighted by atomic mass is 10.1. The van der Waals surface area contributed by atoms with Gasteiger partial charge in [-0.15, -0.1) is 22.7 Å². The highest BCUT2D eigenvalue weighted by Gasteiger charge is 2.09. The molecule has 6 rings (SSSR count). The maximum atomic E-state index is 2.35. The third-order valence-corrected chi connectivity index (χ3v) is 7.52. The van der Waals surface area contributed by atoms with Crippen LogP contribution >= 0.6 is 22.7 Å². The summed E-state index contributed by atoms with van der Waals surface area (Å²) in [5, 5.41) is 5.29. The Hall–Kier alpha value is -2.94. The lowest BCUT2D eigenvalue weighted by Crippen LogP contribution is -1.72. The van der Waals surface area contributed by atoms with E-state index in [0.717, 1.165) is 0 Å². The molecule has 0 aliphatic carbocycles. The van der Waals surface area contributed by atoms with Gasteiger partial charge in [-0.2, -0.15) is 0 Å². The zero-order chi connectivity index (χ0) is 18.5. The normalized spacial score (nSPS) is 11.6. The molecule has 0 atom stereocenters. The average Bonchev–Trinajstić information content (AvgIpc) is 3.35. The molecule has 0 N–H and O–H groups in total. The summed E-state index contributed by atoms with van der Waals surface area (Å²) in [5.74, 6) is 0. The van der Waals surface area contributed by atoms with Gasteiger partial charge < -0.3 is 0 Å². The van der Waals surface area contributed by atoms with Crippen LogP contribution in [0, 0.1) is 0 Å². The van der Waals surface area contributed by atoms with Crippen LogP contribution in [0.3, 0.4) is 0 Å². The molecule has 0 aliphatic heterocycles. The van der Waals surface area contributed by atoms with E-state index < -0.39 is 0 Å². The van der Waals surface area contributed by atoms with Gasteiger partial charge in [-0.25, -0.2) is 0 Å². The van der Waals surface area contributed by atoms with E-state index in [-0.39, 0.29) is 0 Å². The van der Waals surface area contributed by atoms with Crippen molar-refractivity contribution in [2.24, 2.45) is 0 Å². The topological polar surface area (TPSA) is 0 Å². The molecule has 4 aromatic carbocycles. The van der Waals surface area contributed by atoms with E-state index in [9.17, 15) is 0 Å². The minimum atomic E-state index is 1.29. The standard InChI is InChI=1S/C26H16S2/c1-3-7-17(8-4-1)23-15-21-11-19-12-22-16-24(18-9-5-2-6-10-18)28-26(22)14-20(19)13-25(21)27-23/h1-16H. The molecule has 0 saturated heterocycles. The van der Waals surface area contributed by atoms with Gasteiger partial charge in [0, 0.05) is 19.2 Å². The molecule has 132 valence electrons. The van der Waals surface area contributed by atoms with E-state index in [1.807, 2.05) is 22.7 Å². The molecule has 2 heterocycles. The molecule has 0 aliphatic rings. The van der Waals surface area contributed by atoms with Gasteiger partial charge in [0.1, 0.15) is 0 Å². The molecular weight excluding hydrogens is 376 g/mol. The van der Waals surface area contributed by atoms with Crippen molar-refractivity contribution in [1.29, 1.82) is 0 Å². The first-order valence-electron chi connectivity index (χ1n) is 9.35. The van der Waals surface area contributed by atoms with Crippen LogP contribution in [0.1, 0.15) is 0 Å². The van der Waals surface area contributed by atoms with Crippen molar-refractivity contribution in [3.8, 4) is 20.9 Å². The molecule has 28 heavy (non-hydrogen) atoms. The lowest BCUT2D eigenvalue weighted by molar-refractivity contribution is 1.70. The Labute approximate surface area is 171 Å². The van der Waals surface area contributed by atoms with Gasteiger partial charge in [-0.3, -0.25) is 0 Å². The second-order valence-electron chi connectivity index (χ2n) is 7.08. The van der Waals surface area contributed by atoms with E-state index in [1.165, 1.54) is 51.8 Å². The average molecular weight is 393 g/mol. The Morgan fingerprint density at radius 3 is 1.29 bits per heavy atom. The molecule has 2 aromatic heterocycles. The van der Waals surface area contributed by atoms with E-state index >= 15 is 0 Å². The van der Waals surface area contributed by atoms with E-state index in [2.05, 4.69) is 97.1 Å². The second kappa shape index (κ2) is 6.30. The van der Waals surface area contributed by atoms with Crippen LogP contribution in [0.2, 0.25) is 0 Å². The smallest absolute Gasteiger partial charge is 0.0355 e. The summed E-state index contributed by atoms with van der Waals surface area (Å²) in [4.78, 5) is 2.66. The fourth-order valence-electron chi connectivity index (χ4n) is 3.81. The SMILES string of the molecule is c1ccc(-c2cc3cc4cc5cc(-c6ccccc6)sc5cc4cc3s2)cc1. The third kappa shape index (κ3) is 2.65. The predicted octanol–water partition coefficient (Wildman–Crippen LogP) is 8.60. The first-order chi connectivity index (χ1) is 13.8. The van der Waals surface area contributed by atoms with Crippen molar-refractivity contribution >= 4 is 53.6 Å². The highest BCUT2D eigenvalue weighted by atomic mass is 32.1. The second-order valence-corrected chi connectivity index (χ2v) is 9.25. The van der Waals surface area contributed by atoms with Crippen LogP contribution in [-0.2, 0) is 0 Å². The van der Waals surface area contributed by atoms with Crippen LogP contribution in [0.25, 0.3) is 51.8 Å². The van der Waals surface area contributed by atoms with Gasteiger partial charge in [0.25, 0.3) is 0 Å². The monoisotopic (exact) mass is 392 g/mol. The largest absolute Gasteiger partial charge is 0.135 e. The van der Waals surface area contributed by atoms with Crippen molar-refractivity contribution in [3.63, 3.8) is 0 Å². The predicted molar refractivity (Wildman–Crippen MR) is 126 cm³/mol. The Kier molecular flexibility index (Phi) is 3.61. The first-order valence-corrected chi connectivity index (χ1v) is 11.0. The molecule has 2 heteroatoms. The summed E-state index contributed by atoms with van der Waals surface area (Å²) in [5.41, 5.74) is 2.59. The zero-order valence-electron chi connectivity index (χ0n) is 15.1. The molecule has 0 spiro atoms. The maximum absolute atomic E-state index is 2.35. The summed E-state index contributed by atoms with van der Waals surface area (Å²) in [6.07, 6.45) is 0. The van der Waals surface area contributed by atoms with Gasteiger partial charge in [0.15, 0.2) is 0 Å². The van der Waals surface area contributed by atoms with Gasteiger partial charge >= 0.3 is 0 Å². The summed E-state index contributed by atoms with van der Waals surface area (Å²) in [6.45, 7) is 0. The Bertz CT molecular complexity index is 1260. The van der Waals surface area contributed by atoms with Crippen LogP contribution in [0.5, 0.6) is 0 Å². The number of benzene rings is 4. The molecular formula is C26H16S2. The molecule has 0 unspecified atom stereocenters. The number of fused-ring (bicyclic) bond motifs is 3. The Morgan fingerprint density at radius 2 is 0.821 bits per heavy atom. The van der Waals surface area contributed by atoms with Crippen LogP contribution < -0.4 is 0 Å². The van der Waals surface area contributed by atoms with Gasteiger partial charge in [-0.05, 0) is 69.1 Å². The fraction of sp³-hybridized carbons (Fsp3) is 0. The molecule has 6 aromatic rings. The van der Waals surface area contributed by atoms with Crippen molar-refractivity contribution in [2.45, 2.75) is 0 Å². The summed E-state index contributed by atoms with van der Waals surface area (Å²) >= 11 is 3.75. The van der Waals surface area contributed by atoms with Crippen LogP contribution in [0.15, 0.2) is 97.1 Å². The third-order valence-electron chi connectivity index (χ3n) is 5.23. The molecule has 0 bridgehead atoms. The van der Waals surface area contributed by atoms with E-state index in [4.69, 9.17) is 0 Å². The highest BCUT2D eigenvalue weighted by Crippen LogP contribution is 2.39. The molecule has 0 amide bonds. The van der Waals surface area contributed by atoms with Crippen molar-refractivity contribution in [2.75, 3.05) is 0 Å². The molecule has 0 nitrogen and oxygen atoms in total. The van der Waals surface area contributed by atoms with Crippen molar-refractivity contribution in [3.05, 3.63) is 97.1 Å². The van der Waals surface area contributed by atoms with Crippen molar-refractivity contribution in [1.82, 2.24) is 0 Å². The summed E-state index contributed by atoms with van der Waals surface area (Å²) < 4.78 is 2.70. The number of hydrogen-bond donors (Lipinski definition) is 0. The Balaban J connectivity index is 1.52. The number of thiophene rings is 2. The molecule has 0 saturated carbocycles. The fourth-order valence-corrected chi connectivity index (χ4v) is 6.01. The quantitative estimate of drug-likeness (QED) is 0.277. The van der Waals surface area contributed by atoms with E-state index in [0.29, 0.717) is 0 Å². The molecule has 0 radical (unpaired) electrons.